The molecule has 3 N–H and O–H groups in total. The predicted octanol–water partition coefficient (Wildman–Crippen LogP) is 1.93. The lowest BCUT2D eigenvalue weighted by atomic mass is 9.93. The van der Waals surface area contributed by atoms with Gasteiger partial charge >= 0.3 is 0 Å². The van der Waals surface area contributed by atoms with Crippen LogP contribution in [0.25, 0.3) is 0 Å². The van der Waals surface area contributed by atoms with E-state index in [0.29, 0.717) is 44.2 Å². The van der Waals surface area contributed by atoms with Crippen LogP contribution in [0.2, 0.25) is 0 Å². The van der Waals surface area contributed by atoms with E-state index in [-0.39, 0.29) is 23.7 Å². The molecule has 2 atom stereocenters. The van der Waals surface area contributed by atoms with Gasteiger partial charge in [-0.05, 0) is 55.5 Å². The smallest absolute Gasteiger partial charge is 0.256 e. The second kappa shape index (κ2) is 10.2. The van der Waals surface area contributed by atoms with E-state index in [1.54, 1.807) is 23.2 Å². The molecule has 1 unspecified atom stereocenters. The van der Waals surface area contributed by atoms with Gasteiger partial charge in [0.15, 0.2) is 0 Å². The SMILES string of the molecule is NCCNC(=O)[C@H]1CC(N(Cc2ccc(F)cc2)C2CC2)CCN1C(=O)c1cccnc1. The van der Waals surface area contributed by atoms with E-state index in [1.165, 1.54) is 18.3 Å². The van der Waals surface area contributed by atoms with Gasteiger partial charge in [-0.1, -0.05) is 12.1 Å². The number of amides is 2. The Morgan fingerprint density at radius 3 is 2.59 bits per heavy atom. The third kappa shape index (κ3) is 5.31. The third-order valence-electron chi connectivity index (χ3n) is 6.25. The van der Waals surface area contributed by atoms with Gasteiger partial charge in [-0.15, -0.1) is 0 Å². The van der Waals surface area contributed by atoms with Crippen molar-refractivity contribution in [3.63, 3.8) is 0 Å². The van der Waals surface area contributed by atoms with Gasteiger partial charge in [-0.25, -0.2) is 4.39 Å². The van der Waals surface area contributed by atoms with Crippen LogP contribution in [0.4, 0.5) is 4.39 Å². The molecule has 2 aromatic rings. The molecule has 7 nitrogen and oxygen atoms in total. The van der Waals surface area contributed by atoms with E-state index in [4.69, 9.17) is 5.73 Å². The molecule has 32 heavy (non-hydrogen) atoms. The fourth-order valence-corrected chi connectivity index (χ4v) is 4.47. The van der Waals surface area contributed by atoms with E-state index in [0.717, 1.165) is 24.8 Å². The molecule has 2 amide bonds. The van der Waals surface area contributed by atoms with Crippen molar-refractivity contribution in [1.29, 1.82) is 0 Å². The minimum atomic E-state index is -0.567. The summed E-state index contributed by atoms with van der Waals surface area (Å²) in [6.07, 6.45) is 6.75. The van der Waals surface area contributed by atoms with E-state index >= 15 is 0 Å². The van der Waals surface area contributed by atoms with Crippen molar-refractivity contribution in [3.05, 3.63) is 65.7 Å². The molecular weight excluding hydrogens is 409 g/mol. The maximum atomic E-state index is 13.3. The van der Waals surface area contributed by atoms with Crippen molar-refractivity contribution >= 4 is 11.8 Å². The highest BCUT2D eigenvalue weighted by atomic mass is 19.1. The lowest BCUT2D eigenvalue weighted by molar-refractivity contribution is -0.127. The number of nitrogens with zero attached hydrogens (tertiary/aromatic N) is 3. The van der Waals surface area contributed by atoms with Crippen LogP contribution in [-0.2, 0) is 11.3 Å². The molecule has 1 aliphatic carbocycles. The number of likely N-dealkylation sites (tertiary alicyclic amines) is 1. The first-order valence-corrected chi connectivity index (χ1v) is 11.3. The topological polar surface area (TPSA) is 91.6 Å². The van der Waals surface area contributed by atoms with Gasteiger partial charge in [0.25, 0.3) is 5.91 Å². The zero-order chi connectivity index (χ0) is 22.5. The van der Waals surface area contributed by atoms with Gasteiger partial charge < -0.3 is 16.0 Å². The summed E-state index contributed by atoms with van der Waals surface area (Å²) in [7, 11) is 0. The molecule has 2 heterocycles. The number of piperidine rings is 1. The number of pyridine rings is 1. The average molecular weight is 440 g/mol. The van der Waals surface area contributed by atoms with E-state index < -0.39 is 6.04 Å². The molecule has 1 aromatic carbocycles. The molecule has 2 aliphatic rings. The highest BCUT2D eigenvalue weighted by Crippen LogP contribution is 2.35. The van der Waals surface area contributed by atoms with Crippen molar-refractivity contribution < 1.29 is 14.0 Å². The number of carbonyl (C=O) groups excluding carboxylic acids is 2. The Balaban J connectivity index is 1.52. The number of hydrogen-bond donors (Lipinski definition) is 2. The Labute approximate surface area is 187 Å². The van der Waals surface area contributed by atoms with Gasteiger partial charge in [-0.2, -0.15) is 0 Å². The zero-order valence-electron chi connectivity index (χ0n) is 18.1. The summed E-state index contributed by atoms with van der Waals surface area (Å²) in [6, 6.07) is 10.1. The maximum Gasteiger partial charge on any atom is 0.256 e. The molecule has 170 valence electrons. The van der Waals surface area contributed by atoms with Crippen LogP contribution in [0.15, 0.2) is 48.8 Å². The Hall–Kier alpha value is -2.84. The molecule has 1 saturated carbocycles. The fraction of sp³-hybridized carbons (Fsp3) is 0.458. The summed E-state index contributed by atoms with van der Waals surface area (Å²) < 4.78 is 13.3. The van der Waals surface area contributed by atoms with Gasteiger partial charge in [0.05, 0.1) is 5.56 Å². The van der Waals surface area contributed by atoms with Crippen LogP contribution in [0, 0.1) is 5.82 Å². The van der Waals surface area contributed by atoms with Crippen LogP contribution in [0.5, 0.6) is 0 Å². The highest BCUT2D eigenvalue weighted by molar-refractivity contribution is 5.97. The fourth-order valence-electron chi connectivity index (χ4n) is 4.47. The Morgan fingerprint density at radius 2 is 1.94 bits per heavy atom. The molecule has 2 fully saturated rings. The number of halogens is 1. The number of hydrogen-bond acceptors (Lipinski definition) is 5. The lowest BCUT2D eigenvalue weighted by Crippen LogP contribution is -2.57. The Kier molecular flexibility index (Phi) is 7.12. The Bertz CT molecular complexity index is 920. The first-order valence-electron chi connectivity index (χ1n) is 11.3. The summed E-state index contributed by atoms with van der Waals surface area (Å²) in [4.78, 5) is 34.3. The van der Waals surface area contributed by atoms with Crippen LogP contribution in [0.3, 0.4) is 0 Å². The number of rotatable bonds is 8. The van der Waals surface area contributed by atoms with Crippen molar-refractivity contribution in [3.8, 4) is 0 Å². The molecule has 0 bridgehead atoms. The third-order valence-corrected chi connectivity index (χ3v) is 6.25. The highest BCUT2D eigenvalue weighted by Gasteiger charge is 2.42. The molecule has 4 rings (SSSR count). The summed E-state index contributed by atoms with van der Waals surface area (Å²) in [5.74, 6) is -0.596. The second-order valence-electron chi connectivity index (χ2n) is 8.54. The molecule has 0 radical (unpaired) electrons. The van der Waals surface area contributed by atoms with E-state index in [2.05, 4.69) is 15.2 Å². The maximum absolute atomic E-state index is 13.3. The molecule has 1 saturated heterocycles. The van der Waals surface area contributed by atoms with Crippen LogP contribution >= 0.6 is 0 Å². The van der Waals surface area contributed by atoms with Crippen molar-refractivity contribution in [1.82, 2.24) is 20.1 Å². The summed E-state index contributed by atoms with van der Waals surface area (Å²) in [6.45, 7) is 1.92. The van der Waals surface area contributed by atoms with Gasteiger partial charge in [0.1, 0.15) is 11.9 Å². The van der Waals surface area contributed by atoms with Gasteiger partial charge in [-0.3, -0.25) is 19.5 Å². The van der Waals surface area contributed by atoms with Gasteiger partial charge in [0, 0.05) is 50.7 Å². The minimum Gasteiger partial charge on any atom is -0.353 e. The first-order chi connectivity index (χ1) is 15.6. The van der Waals surface area contributed by atoms with Crippen molar-refractivity contribution in [2.45, 2.75) is 50.4 Å². The van der Waals surface area contributed by atoms with E-state index in [9.17, 15) is 14.0 Å². The number of aromatic nitrogens is 1. The first kappa shape index (κ1) is 22.4. The molecule has 0 spiro atoms. The quantitative estimate of drug-likeness (QED) is 0.656. The standard InChI is InChI=1S/C24H30FN5O2/c25-19-5-3-17(4-6-19)16-30(20-7-8-20)21-9-13-29(22(14-21)23(31)28-12-10-26)24(32)18-2-1-11-27-15-18/h1-6,11,15,20-22H,7-10,12-14,16,26H2,(H,28,31)/t21?,22-/m1/s1. The number of benzene rings is 1. The average Bonchev–Trinajstić information content (AvgIpc) is 3.67. The summed E-state index contributed by atoms with van der Waals surface area (Å²) in [5.41, 5.74) is 7.11. The Morgan fingerprint density at radius 1 is 1.16 bits per heavy atom. The largest absolute Gasteiger partial charge is 0.353 e. The molecule has 1 aliphatic heterocycles. The predicted molar refractivity (Wildman–Crippen MR) is 119 cm³/mol. The normalized spacial score (nSPS) is 20.9. The van der Waals surface area contributed by atoms with Crippen LogP contribution in [-0.4, -0.2) is 64.4 Å². The van der Waals surface area contributed by atoms with E-state index in [1.807, 2.05) is 12.1 Å². The monoisotopic (exact) mass is 439 g/mol. The van der Waals surface area contributed by atoms with Gasteiger partial charge in [0.2, 0.25) is 5.91 Å². The second-order valence-corrected chi connectivity index (χ2v) is 8.54. The molecule has 1 aromatic heterocycles. The molecular formula is C24H30FN5O2. The summed E-state index contributed by atoms with van der Waals surface area (Å²) in [5, 5.41) is 2.86. The van der Waals surface area contributed by atoms with Crippen molar-refractivity contribution in [2.24, 2.45) is 5.73 Å². The molecule has 8 heteroatoms. The van der Waals surface area contributed by atoms with Crippen molar-refractivity contribution in [2.75, 3.05) is 19.6 Å². The minimum absolute atomic E-state index is 0.166. The summed E-state index contributed by atoms with van der Waals surface area (Å²) >= 11 is 0. The van der Waals surface area contributed by atoms with Crippen LogP contribution < -0.4 is 11.1 Å². The zero-order valence-corrected chi connectivity index (χ0v) is 18.1. The number of carbonyl (C=O) groups is 2. The lowest BCUT2D eigenvalue weighted by Gasteiger charge is -2.43. The number of nitrogens with two attached hydrogens (primary N) is 1. The van der Waals surface area contributed by atoms with Crippen LogP contribution in [0.1, 0.15) is 41.6 Å². The number of nitrogens with one attached hydrogen (secondary N) is 1.